The Morgan fingerprint density at radius 3 is 2.81 bits per heavy atom. The van der Waals surface area contributed by atoms with E-state index in [-0.39, 0.29) is 5.91 Å². The number of carbonyl (C=O) groups is 1. The third-order valence-corrected chi connectivity index (χ3v) is 4.20. The van der Waals surface area contributed by atoms with Crippen molar-refractivity contribution in [1.82, 2.24) is 15.1 Å². The van der Waals surface area contributed by atoms with Crippen molar-refractivity contribution in [2.45, 2.75) is 26.2 Å². The second-order valence-electron chi connectivity index (χ2n) is 6.50. The standard InChI is InChI=1S/C22H25N3O2/c1-18-7-5-10-21(15-18)27-14-6-11-22(26)23-13-12-19-16-24-25(17-19)20-8-3-2-4-9-20/h2-5,7-10,15-17H,6,11-14H2,1H3,(H,23,26). The largest absolute Gasteiger partial charge is 0.494 e. The minimum absolute atomic E-state index is 0.0540. The second-order valence-corrected chi connectivity index (χ2v) is 6.50. The molecular formula is C22H25N3O2. The molecule has 1 N–H and O–H groups in total. The minimum Gasteiger partial charge on any atom is -0.494 e. The zero-order valence-electron chi connectivity index (χ0n) is 15.6. The number of benzene rings is 2. The molecule has 0 saturated heterocycles. The summed E-state index contributed by atoms with van der Waals surface area (Å²) in [5.41, 5.74) is 3.30. The number of carbonyl (C=O) groups excluding carboxylic acids is 1. The lowest BCUT2D eigenvalue weighted by Crippen LogP contribution is -2.25. The fourth-order valence-corrected chi connectivity index (χ4v) is 2.77. The van der Waals surface area contributed by atoms with Gasteiger partial charge in [-0.25, -0.2) is 4.68 Å². The monoisotopic (exact) mass is 363 g/mol. The number of nitrogens with zero attached hydrogens (tertiary/aromatic N) is 2. The molecule has 0 bridgehead atoms. The summed E-state index contributed by atoms with van der Waals surface area (Å²) in [6.45, 7) is 3.18. The number of amides is 1. The van der Waals surface area contributed by atoms with E-state index in [4.69, 9.17) is 4.74 Å². The molecule has 5 heteroatoms. The van der Waals surface area contributed by atoms with Crippen LogP contribution in [0.5, 0.6) is 5.75 Å². The van der Waals surface area contributed by atoms with Gasteiger partial charge in [-0.1, -0.05) is 30.3 Å². The highest BCUT2D eigenvalue weighted by atomic mass is 16.5. The van der Waals surface area contributed by atoms with E-state index in [1.165, 1.54) is 5.56 Å². The maximum absolute atomic E-state index is 11.9. The Labute approximate surface area is 160 Å². The zero-order valence-corrected chi connectivity index (χ0v) is 15.6. The molecule has 5 nitrogen and oxygen atoms in total. The lowest BCUT2D eigenvalue weighted by Gasteiger charge is -2.07. The average Bonchev–Trinajstić information content (AvgIpc) is 3.15. The van der Waals surface area contributed by atoms with Gasteiger partial charge in [-0.05, 0) is 55.2 Å². The summed E-state index contributed by atoms with van der Waals surface area (Å²) in [5.74, 6) is 0.907. The van der Waals surface area contributed by atoms with Crippen LogP contribution in [0.1, 0.15) is 24.0 Å². The van der Waals surface area contributed by atoms with Crippen LogP contribution >= 0.6 is 0 Å². The van der Waals surface area contributed by atoms with Gasteiger partial charge in [0.05, 0.1) is 18.5 Å². The summed E-state index contributed by atoms with van der Waals surface area (Å²) in [5, 5.41) is 7.32. The quantitative estimate of drug-likeness (QED) is 0.590. The molecule has 0 spiro atoms. The molecule has 0 aliphatic carbocycles. The first-order chi connectivity index (χ1) is 13.2. The molecule has 3 rings (SSSR count). The molecule has 0 fully saturated rings. The van der Waals surface area contributed by atoms with E-state index in [1.54, 1.807) is 0 Å². The van der Waals surface area contributed by atoms with Gasteiger partial charge in [0, 0.05) is 19.2 Å². The maximum Gasteiger partial charge on any atom is 0.220 e. The molecule has 0 radical (unpaired) electrons. The molecule has 0 saturated carbocycles. The molecule has 0 atom stereocenters. The SMILES string of the molecule is Cc1cccc(OCCCC(=O)NCCc2cnn(-c3ccccc3)c2)c1. The van der Waals surface area contributed by atoms with Gasteiger partial charge in [0.25, 0.3) is 0 Å². The molecule has 1 heterocycles. The van der Waals surface area contributed by atoms with Gasteiger partial charge < -0.3 is 10.1 Å². The summed E-state index contributed by atoms with van der Waals surface area (Å²) in [6, 6.07) is 17.9. The molecule has 0 aliphatic rings. The third kappa shape index (κ3) is 5.99. The predicted octanol–water partition coefficient (Wildman–Crippen LogP) is 3.70. The third-order valence-electron chi connectivity index (χ3n) is 4.20. The molecule has 140 valence electrons. The second kappa shape index (κ2) is 9.57. The van der Waals surface area contributed by atoms with E-state index < -0.39 is 0 Å². The lowest BCUT2D eigenvalue weighted by molar-refractivity contribution is -0.121. The summed E-state index contributed by atoms with van der Waals surface area (Å²) in [7, 11) is 0. The maximum atomic E-state index is 11.9. The molecule has 27 heavy (non-hydrogen) atoms. The number of aryl methyl sites for hydroxylation is 1. The lowest BCUT2D eigenvalue weighted by atomic mass is 10.2. The molecule has 0 unspecified atom stereocenters. The number of aromatic nitrogens is 2. The first-order valence-corrected chi connectivity index (χ1v) is 9.26. The fourth-order valence-electron chi connectivity index (χ4n) is 2.77. The van der Waals surface area contributed by atoms with Crippen LogP contribution < -0.4 is 10.1 Å². The summed E-state index contributed by atoms with van der Waals surface area (Å²) < 4.78 is 7.51. The Morgan fingerprint density at radius 1 is 1.15 bits per heavy atom. The van der Waals surface area contributed by atoms with Gasteiger partial charge in [0.2, 0.25) is 5.91 Å². The van der Waals surface area contributed by atoms with E-state index >= 15 is 0 Å². The van der Waals surface area contributed by atoms with Crippen molar-refractivity contribution in [2.75, 3.05) is 13.2 Å². The van der Waals surface area contributed by atoms with E-state index in [2.05, 4.69) is 10.4 Å². The normalized spacial score (nSPS) is 10.6. The van der Waals surface area contributed by atoms with Gasteiger partial charge >= 0.3 is 0 Å². The summed E-state index contributed by atoms with van der Waals surface area (Å²) in [4.78, 5) is 11.9. The van der Waals surface area contributed by atoms with Crippen LogP contribution in [-0.4, -0.2) is 28.8 Å². The highest BCUT2D eigenvalue weighted by Crippen LogP contribution is 2.12. The van der Waals surface area contributed by atoms with Gasteiger partial charge in [-0.3, -0.25) is 4.79 Å². The Kier molecular flexibility index (Phi) is 6.63. The number of nitrogens with one attached hydrogen (secondary N) is 1. The Bertz CT molecular complexity index is 859. The van der Waals surface area contributed by atoms with Crippen LogP contribution in [0.2, 0.25) is 0 Å². The van der Waals surface area contributed by atoms with Crippen LogP contribution in [0.15, 0.2) is 67.0 Å². The summed E-state index contributed by atoms with van der Waals surface area (Å²) in [6.07, 6.45) is 5.77. The van der Waals surface area contributed by atoms with Crippen molar-refractivity contribution < 1.29 is 9.53 Å². The molecule has 1 amide bonds. The van der Waals surface area contributed by atoms with Gasteiger partial charge in [0.1, 0.15) is 5.75 Å². The highest BCUT2D eigenvalue weighted by molar-refractivity contribution is 5.75. The zero-order chi connectivity index (χ0) is 18.9. The number of ether oxygens (including phenoxy) is 1. The number of rotatable bonds is 9. The van der Waals surface area contributed by atoms with Crippen LogP contribution in [0.4, 0.5) is 0 Å². The first kappa shape index (κ1) is 18.7. The minimum atomic E-state index is 0.0540. The highest BCUT2D eigenvalue weighted by Gasteiger charge is 2.04. The van der Waals surface area contributed by atoms with E-state index in [0.717, 1.165) is 23.4 Å². The summed E-state index contributed by atoms with van der Waals surface area (Å²) >= 11 is 0. The van der Waals surface area contributed by atoms with Crippen molar-refractivity contribution in [3.63, 3.8) is 0 Å². The van der Waals surface area contributed by atoms with Crippen LogP contribution in [0.3, 0.4) is 0 Å². The smallest absolute Gasteiger partial charge is 0.220 e. The van der Waals surface area contributed by atoms with Gasteiger partial charge in [0.15, 0.2) is 0 Å². The van der Waals surface area contributed by atoms with Crippen LogP contribution in [0, 0.1) is 6.92 Å². The topological polar surface area (TPSA) is 56.1 Å². The number of hydrogen-bond donors (Lipinski definition) is 1. The fraction of sp³-hybridized carbons (Fsp3) is 0.273. The van der Waals surface area contributed by atoms with Crippen LogP contribution in [-0.2, 0) is 11.2 Å². The van der Waals surface area contributed by atoms with E-state index in [1.807, 2.05) is 78.6 Å². The van der Waals surface area contributed by atoms with Gasteiger partial charge in [-0.2, -0.15) is 5.10 Å². The van der Waals surface area contributed by atoms with Gasteiger partial charge in [-0.15, -0.1) is 0 Å². The Morgan fingerprint density at radius 2 is 2.00 bits per heavy atom. The molecular weight excluding hydrogens is 338 g/mol. The van der Waals surface area contributed by atoms with Crippen LogP contribution in [0.25, 0.3) is 5.69 Å². The Balaban J connectivity index is 1.32. The predicted molar refractivity (Wildman–Crippen MR) is 106 cm³/mol. The molecule has 3 aromatic rings. The van der Waals surface area contributed by atoms with Crippen molar-refractivity contribution >= 4 is 5.91 Å². The molecule has 0 aliphatic heterocycles. The number of para-hydroxylation sites is 1. The van der Waals surface area contributed by atoms with Crippen molar-refractivity contribution in [1.29, 1.82) is 0 Å². The van der Waals surface area contributed by atoms with Crippen molar-refractivity contribution in [3.8, 4) is 11.4 Å². The average molecular weight is 363 g/mol. The van der Waals surface area contributed by atoms with Crippen molar-refractivity contribution in [3.05, 3.63) is 78.1 Å². The van der Waals surface area contributed by atoms with Crippen molar-refractivity contribution in [2.24, 2.45) is 0 Å². The molecule has 2 aromatic carbocycles. The Hall–Kier alpha value is -3.08. The van der Waals surface area contributed by atoms with E-state index in [9.17, 15) is 4.79 Å². The molecule has 1 aromatic heterocycles. The van der Waals surface area contributed by atoms with E-state index in [0.29, 0.717) is 26.0 Å². The first-order valence-electron chi connectivity index (χ1n) is 9.26. The number of hydrogen-bond acceptors (Lipinski definition) is 3.